The zero-order valence-electron chi connectivity index (χ0n) is 14.0. The van der Waals surface area contributed by atoms with Gasteiger partial charge in [-0.2, -0.15) is 13.2 Å². The molecule has 0 unspecified atom stereocenters. The Hall–Kier alpha value is -2.91. The van der Waals surface area contributed by atoms with E-state index in [1.807, 2.05) is 6.07 Å². The predicted molar refractivity (Wildman–Crippen MR) is 103 cm³/mol. The van der Waals surface area contributed by atoms with E-state index in [0.717, 1.165) is 11.5 Å². The summed E-state index contributed by atoms with van der Waals surface area (Å²) in [4.78, 5) is 12.7. The van der Waals surface area contributed by atoms with Crippen molar-refractivity contribution in [3.8, 4) is 10.6 Å². The molecule has 0 saturated heterocycles. The molecule has 0 atom stereocenters. The van der Waals surface area contributed by atoms with Crippen LogP contribution in [0.5, 0.6) is 0 Å². The van der Waals surface area contributed by atoms with E-state index in [1.54, 1.807) is 48.0 Å². The van der Waals surface area contributed by atoms with Crippen molar-refractivity contribution in [3.63, 3.8) is 0 Å². The number of nitrogens with zero attached hydrogens (tertiary/aromatic N) is 3. The highest BCUT2D eigenvalue weighted by molar-refractivity contribution is 7.67. The van der Waals surface area contributed by atoms with Crippen LogP contribution in [0.15, 0.2) is 60.1 Å². The standard InChI is InChI=1S/C19H10F3N3OS2/c20-19(21,22)16-10-14(15-4-2-8-27-15)24-18(25-16)17(28-26)12-5-6-13-11(9-12)3-1-7-23-13/h1-10H. The van der Waals surface area contributed by atoms with Gasteiger partial charge in [-0.05, 0) is 41.3 Å². The highest BCUT2D eigenvalue weighted by Crippen LogP contribution is 2.32. The number of hydrogen-bond donors (Lipinski definition) is 0. The molecular weight excluding hydrogens is 407 g/mol. The molecule has 3 heterocycles. The van der Waals surface area contributed by atoms with E-state index in [1.165, 1.54) is 11.3 Å². The van der Waals surface area contributed by atoms with Gasteiger partial charge in [-0.1, -0.05) is 18.2 Å². The fourth-order valence-corrected chi connectivity index (χ4v) is 3.75. The van der Waals surface area contributed by atoms with E-state index in [0.29, 0.717) is 16.0 Å². The Bertz CT molecular complexity index is 1220. The Morgan fingerprint density at radius 2 is 1.89 bits per heavy atom. The first kappa shape index (κ1) is 18.5. The van der Waals surface area contributed by atoms with Crippen molar-refractivity contribution in [1.29, 1.82) is 0 Å². The molecule has 9 heteroatoms. The van der Waals surface area contributed by atoms with Crippen molar-refractivity contribution in [3.05, 3.63) is 77.2 Å². The second kappa shape index (κ2) is 7.25. The first-order valence-corrected chi connectivity index (χ1v) is 9.60. The minimum Gasteiger partial charge on any atom is -0.256 e. The van der Waals surface area contributed by atoms with Gasteiger partial charge in [0, 0.05) is 11.6 Å². The summed E-state index contributed by atoms with van der Waals surface area (Å²) in [5, 5.41) is 2.50. The summed E-state index contributed by atoms with van der Waals surface area (Å²) in [6, 6.07) is 12.9. The number of alkyl halides is 3. The zero-order valence-corrected chi connectivity index (χ0v) is 15.6. The molecular formula is C19H10F3N3OS2. The van der Waals surface area contributed by atoms with Crippen molar-refractivity contribution >= 4 is 38.4 Å². The van der Waals surface area contributed by atoms with Crippen LogP contribution in [0.1, 0.15) is 17.1 Å². The van der Waals surface area contributed by atoms with Crippen molar-refractivity contribution in [1.82, 2.24) is 15.0 Å². The smallest absolute Gasteiger partial charge is 0.256 e. The fraction of sp³-hybridized carbons (Fsp3) is 0.0526. The summed E-state index contributed by atoms with van der Waals surface area (Å²) < 4.78 is 52.0. The molecule has 4 nitrogen and oxygen atoms in total. The molecule has 0 radical (unpaired) electrons. The Balaban J connectivity index is 1.90. The minimum absolute atomic E-state index is 0.0228. The lowest BCUT2D eigenvalue weighted by Crippen LogP contribution is -2.16. The SMILES string of the molecule is O=S=C(c1ccc2ncccc2c1)c1nc(-c2cccs2)cc(C(F)(F)F)n1. The van der Waals surface area contributed by atoms with Gasteiger partial charge < -0.3 is 0 Å². The van der Waals surface area contributed by atoms with Gasteiger partial charge in [0.25, 0.3) is 0 Å². The van der Waals surface area contributed by atoms with E-state index in [9.17, 15) is 17.4 Å². The molecule has 1 aromatic carbocycles. The third-order valence-electron chi connectivity index (χ3n) is 3.94. The van der Waals surface area contributed by atoms with Gasteiger partial charge in [-0.15, -0.1) is 11.3 Å². The molecule has 0 amide bonds. The monoisotopic (exact) mass is 417 g/mol. The molecule has 0 aliphatic carbocycles. The summed E-state index contributed by atoms with van der Waals surface area (Å²) in [5.41, 5.74) is 0.193. The van der Waals surface area contributed by atoms with E-state index in [-0.39, 0.29) is 27.6 Å². The van der Waals surface area contributed by atoms with Crippen molar-refractivity contribution < 1.29 is 17.4 Å². The quantitative estimate of drug-likeness (QED) is 0.362. The summed E-state index contributed by atoms with van der Waals surface area (Å²) in [7, 11) is 0. The van der Waals surface area contributed by atoms with Crippen LogP contribution in [0.2, 0.25) is 0 Å². The Labute approximate surface area is 164 Å². The van der Waals surface area contributed by atoms with Gasteiger partial charge in [-0.3, -0.25) is 4.98 Å². The van der Waals surface area contributed by atoms with Crippen LogP contribution in [-0.4, -0.2) is 24.0 Å². The van der Waals surface area contributed by atoms with Crippen LogP contribution in [0.25, 0.3) is 21.5 Å². The van der Waals surface area contributed by atoms with E-state index in [2.05, 4.69) is 15.0 Å². The second-order valence-corrected chi connectivity index (χ2v) is 7.28. The lowest BCUT2D eigenvalue weighted by atomic mass is 10.1. The predicted octanol–water partition coefficient (Wildman–Crippen LogP) is 4.55. The van der Waals surface area contributed by atoms with Crippen LogP contribution in [-0.2, 0) is 17.4 Å². The first-order valence-electron chi connectivity index (χ1n) is 7.98. The molecule has 3 aromatic heterocycles. The van der Waals surface area contributed by atoms with Crippen LogP contribution in [0, 0.1) is 0 Å². The summed E-state index contributed by atoms with van der Waals surface area (Å²) >= 11 is 1.33. The number of rotatable bonds is 3. The van der Waals surface area contributed by atoms with E-state index >= 15 is 0 Å². The lowest BCUT2D eigenvalue weighted by molar-refractivity contribution is -0.141. The van der Waals surface area contributed by atoms with E-state index < -0.39 is 11.9 Å². The molecule has 0 aliphatic heterocycles. The number of fused-ring (bicyclic) bond motifs is 1. The molecule has 0 N–H and O–H groups in total. The Morgan fingerprint density at radius 3 is 2.61 bits per heavy atom. The third-order valence-corrected chi connectivity index (χ3v) is 5.42. The average Bonchev–Trinajstić information content (AvgIpc) is 3.22. The maximum atomic E-state index is 13.4. The summed E-state index contributed by atoms with van der Waals surface area (Å²) in [5.74, 6) is -0.249. The Morgan fingerprint density at radius 1 is 1.04 bits per heavy atom. The summed E-state index contributed by atoms with van der Waals surface area (Å²) in [6.07, 6.45) is -3.02. The fourth-order valence-electron chi connectivity index (χ4n) is 2.68. The Kier molecular flexibility index (Phi) is 4.78. The molecule has 0 aliphatic rings. The lowest BCUT2D eigenvalue weighted by Gasteiger charge is -2.11. The minimum atomic E-state index is -4.66. The van der Waals surface area contributed by atoms with Gasteiger partial charge in [0.1, 0.15) is 21.8 Å². The van der Waals surface area contributed by atoms with Crippen molar-refractivity contribution in [2.75, 3.05) is 0 Å². The van der Waals surface area contributed by atoms with E-state index in [4.69, 9.17) is 0 Å². The first-order chi connectivity index (χ1) is 13.5. The number of pyridine rings is 1. The number of aromatic nitrogens is 3. The molecule has 4 rings (SSSR count). The molecule has 28 heavy (non-hydrogen) atoms. The van der Waals surface area contributed by atoms with Crippen LogP contribution < -0.4 is 0 Å². The van der Waals surface area contributed by atoms with Crippen LogP contribution in [0.4, 0.5) is 13.2 Å². The molecule has 0 bridgehead atoms. The van der Waals surface area contributed by atoms with Crippen LogP contribution in [0.3, 0.4) is 0 Å². The normalized spacial score (nSPS) is 11.5. The molecule has 0 fully saturated rings. The number of hydrogen-bond acceptors (Lipinski definition) is 5. The van der Waals surface area contributed by atoms with Gasteiger partial charge in [0.2, 0.25) is 0 Å². The maximum absolute atomic E-state index is 13.4. The van der Waals surface area contributed by atoms with Crippen LogP contribution >= 0.6 is 11.3 Å². The topological polar surface area (TPSA) is 55.7 Å². The van der Waals surface area contributed by atoms with Crippen molar-refractivity contribution in [2.24, 2.45) is 0 Å². The maximum Gasteiger partial charge on any atom is 0.433 e. The number of thiophene rings is 1. The number of halogens is 3. The second-order valence-electron chi connectivity index (χ2n) is 5.76. The summed E-state index contributed by atoms with van der Waals surface area (Å²) in [6.45, 7) is 0. The average molecular weight is 417 g/mol. The highest BCUT2D eigenvalue weighted by Gasteiger charge is 2.34. The third kappa shape index (κ3) is 3.58. The number of benzene rings is 1. The largest absolute Gasteiger partial charge is 0.433 e. The van der Waals surface area contributed by atoms with Gasteiger partial charge in [0.05, 0.1) is 16.1 Å². The zero-order chi connectivity index (χ0) is 19.7. The molecule has 0 saturated carbocycles. The van der Waals surface area contributed by atoms with Crippen molar-refractivity contribution in [2.45, 2.75) is 6.18 Å². The van der Waals surface area contributed by atoms with Gasteiger partial charge in [0.15, 0.2) is 5.82 Å². The molecule has 140 valence electrons. The molecule has 0 spiro atoms. The van der Waals surface area contributed by atoms with Gasteiger partial charge >= 0.3 is 6.18 Å². The molecule has 4 aromatic rings. The highest BCUT2D eigenvalue weighted by atomic mass is 32.1. The van der Waals surface area contributed by atoms with Gasteiger partial charge in [-0.25, -0.2) is 14.2 Å².